The second-order valence-corrected chi connectivity index (χ2v) is 10.2. The van der Waals surface area contributed by atoms with Crippen LogP contribution in [0.25, 0.3) is 11.2 Å². The van der Waals surface area contributed by atoms with Crippen molar-refractivity contribution in [3.05, 3.63) is 43.0 Å². The van der Waals surface area contributed by atoms with Gasteiger partial charge >= 0.3 is 13.7 Å². The van der Waals surface area contributed by atoms with Crippen LogP contribution in [0.5, 0.6) is 5.75 Å². The summed E-state index contributed by atoms with van der Waals surface area (Å²) in [6.45, 7) is 5.45. The zero-order valence-electron chi connectivity index (χ0n) is 19.7. The Hall–Kier alpha value is -3.05. The van der Waals surface area contributed by atoms with Crippen LogP contribution in [-0.4, -0.2) is 50.8 Å². The Balaban J connectivity index is 1.43. The number of para-hydroxylation sites is 1. The normalized spacial score (nSPS) is 20.6. The van der Waals surface area contributed by atoms with E-state index in [1.54, 1.807) is 55.9 Å². The SMILES string of the molecule is CC(C)OC(=O)[C@H](C)NP(=O)(OC[C@H]1CO[C@@H](n2cnc3c(N)ncnc32)C1)Oc1ccccc1. The van der Waals surface area contributed by atoms with E-state index in [0.29, 0.717) is 35.8 Å². The summed E-state index contributed by atoms with van der Waals surface area (Å²) in [5.74, 6) is -0.0145. The summed E-state index contributed by atoms with van der Waals surface area (Å²) in [6, 6.07) is 7.70. The molecule has 1 saturated heterocycles. The minimum absolute atomic E-state index is 0.0727. The van der Waals surface area contributed by atoms with Gasteiger partial charge < -0.3 is 19.7 Å². The standard InChI is InChI=1S/C22H29N6O6P/c1-14(2)33-22(29)15(3)27-35(30,34-17-7-5-4-6-8-17)32-11-16-9-18(31-10-16)28-13-26-19-20(23)24-12-25-21(19)28/h4-8,12-16,18H,9-11H2,1-3H3,(H,27,30)(H2,23,24,25)/t15-,16+,18+,35?/m0/s1. The molecule has 0 radical (unpaired) electrons. The first-order valence-electron chi connectivity index (χ1n) is 11.3. The van der Waals surface area contributed by atoms with E-state index >= 15 is 0 Å². The van der Waals surface area contributed by atoms with Crippen molar-refractivity contribution in [1.29, 1.82) is 0 Å². The summed E-state index contributed by atoms with van der Waals surface area (Å²) in [5, 5.41) is 2.69. The third-order valence-corrected chi connectivity index (χ3v) is 6.91. The van der Waals surface area contributed by atoms with Crippen LogP contribution in [-0.2, 0) is 23.4 Å². The van der Waals surface area contributed by atoms with Gasteiger partial charge in [0, 0.05) is 5.92 Å². The molecule has 188 valence electrons. The monoisotopic (exact) mass is 504 g/mol. The summed E-state index contributed by atoms with van der Waals surface area (Å²) in [5.41, 5.74) is 6.94. The molecule has 1 fully saturated rings. The topological polar surface area (TPSA) is 153 Å². The van der Waals surface area contributed by atoms with Gasteiger partial charge in [-0.2, -0.15) is 5.09 Å². The maximum absolute atomic E-state index is 13.6. The Morgan fingerprint density at radius 3 is 2.77 bits per heavy atom. The Bertz CT molecular complexity index is 1210. The lowest BCUT2D eigenvalue weighted by Crippen LogP contribution is -2.36. The van der Waals surface area contributed by atoms with E-state index in [-0.39, 0.29) is 24.9 Å². The number of hydrogen-bond acceptors (Lipinski definition) is 10. The molecule has 4 rings (SSSR count). The highest BCUT2D eigenvalue weighted by molar-refractivity contribution is 7.52. The van der Waals surface area contributed by atoms with E-state index in [2.05, 4.69) is 20.0 Å². The number of benzene rings is 1. The molecule has 3 heterocycles. The van der Waals surface area contributed by atoms with Gasteiger partial charge in [0.05, 0.1) is 25.6 Å². The molecule has 1 aliphatic rings. The maximum atomic E-state index is 13.6. The molecule has 12 nitrogen and oxygen atoms in total. The number of carbonyl (C=O) groups excluding carboxylic acids is 1. The van der Waals surface area contributed by atoms with Crippen molar-refractivity contribution in [3.63, 3.8) is 0 Å². The Labute approximate surface area is 202 Å². The largest absolute Gasteiger partial charge is 0.462 e. The first-order chi connectivity index (χ1) is 16.7. The fraction of sp³-hybridized carbons (Fsp3) is 0.455. The highest BCUT2D eigenvalue weighted by atomic mass is 31.2. The van der Waals surface area contributed by atoms with E-state index in [9.17, 15) is 9.36 Å². The second kappa shape index (κ2) is 10.7. The molecule has 0 amide bonds. The van der Waals surface area contributed by atoms with Crippen LogP contribution in [0.15, 0.2) is 43.0 Å². The van der Waals surface area contributed by atoms with Crippen LogP contribution in [0, 0.1) is 5.92 Å². The van der Waals surface area contributed by atoms with Gasteiger partial charge in [0.25, 0.3) is 0 Å². The van der Waals surface area contributed by atoms with Crippen LogP contribution in [0.2, 0.25) is 0 Å². The highest BCUT2D eigenvalue weighted by Gasteiger charge is 2.36. The van der Waals surface area contributed by atoms with Crippen molar-refractivity contribution in [3.8, 4) is 5.75 Å². The number of rotatable bonds is 10. The molecule has 0 saturated carbocycles. The zero-order valence-corrected chi connectivity index (χ0v) is 20.6. The molecule has 0 bridgehead atoms. The number of hydrogen-bond donors (Lipinski definition) is 2. The average Bonchev–Trinajstić information content (AvgIpc) is 3.45. The number of carbonyl (C=O) groups is 1. The molecule has 3 aromatic rings. The molecule has 3 N–H and O–H groups in total. The van der Waals surface area contributed by atoms with E-state index in [1.807, 2.05) is 6.07 Å². The van der Waals surface area contributed by atoms with Gasteiger partial charge in [-0.1, -0.05) is 18.2 Å². The molecule has 13 heteroatoms. The second-order valence-electron chi connectivity index (χ2n) is 8.51. The Morgan fingerprint density at radius 1 is 1.26 bits per heavy atom. The quantitative estimate of drug-likeness (QED) is 0.309. The van der Waals surface area contributed by atoms with Crippen LogP contribution >= 0.6 is 7.75 Å². The maximum Gasteiger partial charge on any atom is 0.459 e. The summed E-state index contributed by atoms with van der Waals surface area (Å²) >= 11 is 0. The Kier molecular flexibility index (Phi) is 7.66. The van der Waals surface area contributed by atoms with Crippen LogP contribution in [0.3, 0.4) is 0 Å². The molecule has 2 aromatic heterocycles. The van der Waals surface area contributed by atoms with E-state index in [0.717, 1.165) is 0 Å². The number of nitrogens with one attached hydrogen (secondary N) is 1. The molecule has 0 aliphatic carbocycles. The van der Waals surface area contributed by atoms with Gasteiger partial charge in [-0.05, 0) is 39.3 Å². The number of nitrogen functional groups attached to an aromatic ring is 1. The van der Waals surface area contributed by atoms with E-state index in [1.165, 1.54) is 6.33 Å². The van der Waals surface area contributed by atoms with Crippen LogP contribution < -0.4 is 15.3 Å². The summed E-state index contributed by atoms with van der Waals surface area (Å²) in [4.78, 5) is 24.8. The molecule has 4 atom stereocenters. The zero-order chi connectivity index (χ0) is 25.0. The lowest BCUT2D eigenvalue weighted by atomic mass is 10.1. The predicted molar refractivity (Wildman–Crippen MR) is 127 cm³/mol. The van der Waals surface area contributed by atoms with Gasteiger partial charge in [-0.3, -0.25) is 13.9 Å². The minimum atomic E-state index is -3.94. The molecular weight excluding hydrogens is 475 g/mol. The predicted octanol–water partition coefficient (Wildman–Crippen LogP) is 3.08. The summed E-state index contributed by atoms with van der Waals surface area (Å²) in [7, 11) is -3.94. The number of nitrogens with zero attached hydrogens (tertiary/aromatic N) is 4. The van der Waals surface area contributed by atoms with Crippen LogP contribution in [0.1, 0.15) is 33.4 Å². The van der Waals surface area contributed by atoms with Crippen molar-refractivity contribution in [2.24, 2.45) is 5.92 Å². The van der Waals surface area contributed by atoms with Gasteiger partial charge in [-0.15, -0.1) is 0 Å². The van der Waals surface area contributed by atoms with Crippen molar-refractivity contribution >= 4 is 30.7 Å². The van der Waals surface area contributed by atoms with Gasteiger partial charge in [0.15, 0.2) is 11.5 Å². The fourth-order valence-corrected chi connectivity index (χ4v) is 5.16. The lowest BCUT2D eigenvalue weighted by Gasteiger charge is -2.24. The van der Waals surface area contributed by atoms with Gasteiger partial charge in [-0.25, -0.2) is 19.5 Å². The third-order valence-electron chi connectivity index (χ3n) is 5.26. The summed E-state index contributed by atoms with van der Waals surface area (Å²) < 4.78 is 38.0. The number of nitrogens with two attached hydrogens (primary N) is 1. The highest BCUT2D eigenvalue weighted by Crippen LogP contribution is 2.46. The fourth-order valence-electron chi connectivity index (χ4n) is 3.60. The minimum Gasteiger partial charge on any atom is -0.462 e. The number of ether oxygens (including phenoxy) is 2. The average molecular weight is 504 g/mol. The molecular formula is C22H29N6O6P. The third kappa shape index (κ3) is 6.15. The lowest BCUT2D eigenvalue weighted by molar-refractivity contribution is -0.149. The van der Waals surface area contributed by atoms with E-state index < -0.39 is 19.8 Å². The molecule has 0 spiro atoms. The number of anilines is 1. The number of imidazole rings is 1. The van der Waals surface area contributed by atoms with E-state index in [4.69, 9.17) is 24.3 Å². The molecule has 1 unspecified atom stereocenters. The molecule has 35 heavy (non-hydrogen) atoms. The first-order valence-corrected chi connectivity index (χ1v) is 12.8. The van der Waals surface area contributed by atoms with Crippen molar-refractivity contribution < 1.29 is 27.9 Å². The molecule has 1 aromatic carbocycles. The van der Waals surface area contributed by atoms with Crippen molar-refractivity contribution in [1.82, 2.24) is 24.6 Å². The van der Waals surface area contributed by atoms with Gasteiger partial charge in [0.1, 0.15) is 29.9 Å². The smallest absolute Gasteiger partial charge is 0.459 e. The molecule has 1 aliphatic heterocycles. The summed E-state index contributed by atoms with van der Waals surface area (Å²) in [6.07, 6.45) is 2.89. The first kappa shape index (κ1) is 25.1. The number of fused-ring (bicyclic) bond motifs is 1. The van der Waals surface area contributed by atoms with Crippen LogP contribution in [0.4, 0.5) is 5.82 Å². The number of aromatic nitrogens is 4. The van der Waals surface area contributed by atoms with Crippen molar-refractivity contribution in [2.45, 2.75) is 45.6 Å². The van der Waals surface area contributed by atoms with Crippen molar-refractivity contribution in [2.75, 3.05) is 18.9 Å². The number of esters is 1. The Morgan fingerprint density at radius 2 is 2.03 bits per heavy atom. The van der Waals surface area contributed by atoms with Gasteiger partial charge in [0.2, 0.25) is 0 Å².